The van der Waals surface area contributed by atoms with E-state index in [1.54, 1.807) is 6.20 Å². The average molecular weight is 279 g/mol. The third kappa shape index (κ3) is 4.61. The number of nitrogens with zero attached hydrogens (tertiary/aromatic N) is 4. The van der Waals surface area contributed by atoms with Crippen LogP contribution in [0.25, 0.3) is 0 Å². The highest BCUT2D eigenvalue weighted by atomic mass is 16.2. The first kappa shape index (κ1) is 15.0. The molecule has 6 nitrogen and oxygen atoms in total. The zero-order valence-electron chi connectivity index (χ0n) is 12.5. The molecule has 112 valence electrons. The van der Waals surface area contributed by atoms with Crippen molar-refractivity contribution in [2.75, 3.05) is 46.3 Å². The molecule has 0 bridgehead atoms. The number of aryl methyl sites for hydroxylation is 1. The second-order valence-electron chi connectivity index (χ2n) is 5.49. The first-order valence-corrected chi connectivity index (χ1v) is 7.29. The van der Waals surface area contributed by atoms with Crippen molar-refractivity contribution >= 4 is 5.91 Å². The zero-order valence-corrected chi connectivity index (χ0v) is 12.5. The predicted octanol–water partition coefficient (Wildman–Crippen LogP) is -0.284. The van der Waals surface area contributed by atoms with Gasteiger partial charge in [-0.05, 0) is 26.6 Å². The molecular formula is C14H25N5O. The lowest BCUT2D eigenvalue weighted by atomic mass is 10.3. The van der Waals surface area contributed by atoms with Crippen molar-refractivity contribution in [3.63, 3.8) is 0 Å². The average Bonchev–Trinajstić information content (AvgIpc) is 2.70. The highest BCUT2D eigenvalue weighted by Crippen LogP contribution is 2.00. The van der Waals surface area contributed by atoms with E-state index in [0.717, 1.165) is 44.8 Å². The summed E-state index contributed by atoms with van der Waals surface area (Å²) in [5.74, 6) is 1.12. The Morgan fingerprint density at radius 3 is 2.90 bits per heavy atom. The van der Waals surface area contributed by atoms with E-state index in [1.807, 2.05) is 17.8 Å². The number of carbonyl (C=O) groups is 1. The molecule has 2 heterocycles. The second kappa shape index (κ2) is 7.40. The van der Waals surface area contributed by atoms with Crippen LogP contribution in [0.15, 0.2) is 12.4 Å². The number of imidazole rings is 1. The molecule has 2 rings (SSSR count). The molecule has 0 saturated carbocycles. The molecule has 0 unspecified atom stereocenters. The smallest absolute Gasteiger partial charge is 0.234 e. The van der Waals surface area contributed by atoms with Gasteiger partial charge in [0.15, 0.2) is 0 Å². The number of likely N-dealkylation sites (N-methyl/N-ethyl adjacent to an activating group) is 1. The molecule has 0 aromatic carbocycles. The molecule has 6 heteroatoms. The topological polar surface area (TPSA) is 53.4 Å². The highest BCUT2D eigenvalue weighted by molar-refractivity contribution is 5.78. The Morgan fingerprint density at radius 1 is 1.30 bits per heavy atom. The van der Waals surface area contributed by atoms with Crippen LogP contribution in [-0.4, -0.2) is 71.6 Å². The molecule has 1 fully saturated rings. The quantitative estimate of drug-likeness (QED) is 0.805. The van der Waals surface area contributed by atoms with Crippen molar-refractivity contribution in [1.29, 1.82) is 0 Å². The highest BCUT2D eigenvalue weighted by Gasteiger charge is 2.14. The van der Waals surface area contributed by atoms with Crippen LogP contribution in [0.3, 0.4) is 0 Å². The number of aromatic nitrogens is 2. The molecule has 0 atom stereocenters. The van der Waals surface area contributed by atoms with E-state index in [4.69, 9.17) is 0 Å². The second-order valence-corrected chi connectivity index (χ2v) is 5.49. The van der Waals surface area contributed by atoms with Gasteiger partial charge >= 0.3 is 0 Å². The number of rotatable bonds is 5. The van der Waals surface area contributed by atoms with Crippen LogP contribution in [0.1, 0.15) is 12.2 Å². The van der Waals surface area contributed by atoms with Crippen molar-refractivity contribution in [1.82, 2.24) is 24.7 Å². The van der Waals surface area contributed by atoms with Crippen LogP contribution in [0.5, 0.6) is 0 Å². The van der Waals surface area contributed by atoms with Gasteiger partial charge in [0.2, 0.25) is 5.91 Å². The first-order chi connectivity index (χ1) is 9.65. The van der Waals surface area contributed by atoms with Gasteiger partial charge in [-0.3, -0.25) is 9.69 Å². The van der Waals surface area contributed by atoms with Gasteiger partial charge in [-0.15, -0.1) is 0 Å². The van der Waals surface area contributed by atoms with Crippen LogP contribution < -0.4 is 5.32 Å². The number of hydrogen-bond acceptors (Lipinski definition) is 4. The Balaban J connectivity index is 1.66. The molecule has 1 aromatic rings. The Bertz CT molecular complexity index is 431. The van der Waals surface area contributed by atoms with Gasteiger partial charge in [0.25, 0.3) is 0 Å². The van der Waals surface area contributed by atoms with E-state index in [1.165, 1.54) is 0 Å². The van der Waals surface area contributed by atoms with Gasteiger partial charge in [-0.25, -0.2) is 4.98 Å². The normalized spacial score (nSPS) is 17.9. The van der Waals surface area contributed by atoms with Crippen LogP contribution in [0.4, 0.5) is 0 Å². The monoisotopic (exact) mass is 279 g/mol. The molecule has 1 saturated heterocycles. The van der Waals surface area contributed by atoms with E-state index in [0.29, 0.717) is 13.1 Å². The van der Waals surface area contributed by atoms with Gasteiger partial charge in [0, 0.05) is 45.5 Å². The fourth-order valence-corrected chi connectivity index (χ4v) is 2.47. The molecule has 0 aliphatic carbocycles. The van der Waals surface area contributed by atoms with Crippen LogP contribution >= 0.6 is 0 Å². The van der Waals surface area contributed by atoms with Crippen molar-refractivity contribution in [3.05, 3.63) is 18.2 Å². The van der Waals surface area contributed by atoms with E-state index < -0.39 is 0 Å². The van der Waals surface area contributed by atoms with Crippen molar-refractivity contribution in [2.24, 2.45) is 7.05 Å². The first-order valence-electron chi connectivity index (χ1n) is 7.29. The number of hydrogen-bond donors (Lipinski definition) is 1. The predicted molar refractivity (Wildman–Crippen MR) is 78.5 cm³/mol. The molecule has 1 amide bonds. The third-order valence-electron chi connectivity index (χ3n) is 3.77. The maximum atomic E-state index is 11.9. The lowest BCUT2D eigenvalue weighted by Crippen LogP contribution is -2.39. The maximum absolute atomic E-state index is 11.9. The minimum Gasteiger partial charge on any atom is -0.355 e. The van der Waals surface area contributed by atoms with Gasteiger partial charge in [0.1, 0.15) is 5.82 Å². The van der Waals surface area contributed by atoms with Gasteiger partial charge in [0.05, 0.1) is 6.54 Å². The van der Waals surface area contributed by atoms with Crippen molar-refractivity contribution in [2.45, 2.75) is 12.8 Å². The lowest BCUT2D eigenvalue weighted by molar-refractivity contribution is -0.122. The van der Waals surface area contributed by atoms with Crippen LogP contribution in [0.2, 0.25) is 0 Å². The minimum absolute atomic E-state index is 0.115. The fourth-order valence-electron chi connectivity index (χ4n) is 2.47. The summed E-state index contributed by atoms with van der Waals surface area (Å²) in [6.45, 7) is 5.31. The Hall–Kier alpha value is -1.40. The number of amides is 1. The fraction of sp³-hybridized carbons (Fsp3) is 0.714. The zero-order chi connectivity index (χ0) is 14.4. The van der Waals surface area contributed by atoms with E-state index >= 15 is 0 Å². The van der Waals surface area contributed by atoms with Gasteiger partial charge < -0.3 is 14.8 Å². The summed E-state index contributed by atoms with van der Waals surface area (Å²) in [6.07, 6.45) is 5.62. The number of carbonyl (C=O) groups excluding carboxylic acids is 1. The summed E-state index contributed by atoms with van der Waals surface area (Å²) in [4.78, 5) is 20.7. The standard InChI is InChI=1S/C14H25N5O/c1-17-7-3-8-19(11-10-17)12-14(20)16-5-4-13-15-6-9-18(13)2/h6,9H,3-5,7-8,10-12H2,1-2H3,(H,16,20). The molecular weight excluding hydrogens is 254 g/mol. The molecule has 1 N–H and O–H groups in total. The Kier molecular flexibility index (Phi) is 5.55. The molecule has 20 heavy (non-hydrogen) atoms. The van der Waals surface area contributed by atoms with E-state index in [2.05, 4.69) is 27.1 Å². The van der Waals surface area contributed by atoms with Crippen LogP contribution in [0, 0.1) is 0 Å². The van der Waals surface area contributed by atoms with Crippen molar-refractivity contribution < 1.29 is 4.79 Å². The molecule has 0 radical (unpaired) electrons. The lowest BCUT2D eigenvalue weighted by Gasteiger charge is -2.19. The molecule has 1 aliphatic rings. The number of nitrogens with one attached hydrogen (secondary N) is 1. The molecule has 0 spiro atoms. The van der Waals surface area contributed by atoms with Crippen molar-refractivity contribution in [3.8, 4) is 0 Å². The van der Waals surface area contributed by atoms with Crippen LogP contribution in [-0.2, 0) is 18.3 Å². The summed E-state index contributed by atoms with van der Waals surface area (Å²) in [5, 5.41) is 2.98. The SMILES string of the molecule is CN1CCCN(CC(=O)NCCc2nccn2C)CC1. The summed E-state index contributed by atoms with van der Waals surface area (Å²) in [7, 11) is 4.11. The Morgan fingerprint density at radius 2 is 2.15 bits per heavy atom. The largest absolute Gasteiger partial charge is 0.355 e. The summed E-state index contributed by atoms with van der Waals surface area (Å²) >= 11 is 0. The molecule has 1 aliphatic heterocycles. The third-order valence-corrected chi connectivity index (χ3v) is 3.77. The van der Waals surface area contributed by atoms with Gasteiger partial charge in [-0.1, -0.05) is 0 Å². The molecule has 1 aromatic heterocycles. The Labute approximate surface area is 120 Å². The van der Waals surface area contributed by atoms with Gasteiger partial charge in [-0.2, -0.15) is 0 Å². The summed E-state index contributed by atoms with van der Waals surface area (Å²) in [5.41, 5.74) is 0. The maximum Gasteiger partial charge on any atom is 0.234 e. The summed E-state index contributed by atoms with van der Waals surface area (Å²) < 4.78 is 1.98. The summed E-state index contributed by atoms with van der Waals surface area (Å²) in [6, 6.07) is 0. The van der Waals surface area contributed by atoms with E-state index in [9.17, 15) is 4.79 Å². The van der Waals surface area contributed by atoms with E-state index in [-0.39, 0.29) is 5.91 Å². The minimum atomic E-state index is 0.115.